The van der Waals surface area contributed by atoms with Crippen molar-refractivity contribution in [3.63, 3.8) is 0 Å². The maximum Gasteiger partial charge on any atom is 0.435 e. The number of carbonyl (C=O) groups excluding carboxylic acids is 1. The maximum atomic E-state index is 13.0. The zero-order valence-electron chi connectivity index (χ0n) is 14.7. The zero-order valence-corrected chi connectivity index (χ0v) is 14.7. The molecule has 2 N–H and O–H groups in total. The molecular formula is C18H25N3O3. The van der Waals surface area contributed by atoms with Crippen molar-refractivity contribution in [2.75, 3.05) is 12.3 Å². The van der Waals surface area contributed by atoms with Gasteiger partial charge in [0.15, 0.2) is 0 Å². The van der Waals surface area contributed by atoms with Crippen LogP contribution in [0.1, 0.15) is 45.2 Å². The van der Waals surface area contributed by atoms with Gasteiger partial charge in [0.2, 0.25) is 0 Å². The molecule has 0 aliphatic rings. The first-order valence-electron chi connectivity index (χ1n) is 8.30. The third kappa shape index (κ3) is 3.09. The van der Waals surface area contributed by atoms with Crippen molar-refractivity contribution in [1.82, 2.24) is 9.36 Å². The molecule has 0 aliphatic carbocycles. The summed E-state index contributed by atoms with van der Waals surface area (Å²) in [6, 6.07) is 7.34. The summed E-state index contributed by atoms with van der Waals surface area (Å²) in [6.45, 7) is 7.78. The van der Waals surface area contributed by atoms with Crippen LogP contribution >= 0.6 is 0 Å². The molecule has 0 fully saturated rings. The molecule has 0 saturated heterocycles. The van der Waals surface area contributed by atoms with Crippen LogP contribution in [-0.2, 0) is 4.74 Å². The Balaban J connectivity index is 2.75. The van der Waals surface area contributed by atoms with Crippen LogP contribution in [0.5, 0.6) is 0 Å². The normalized spacial score (nSPS) is 12.2. The Morgan fingerprint density at radius 3 is 2.54 bits per heavy atom. The fourth-order valence-corrected chi connectivity index (χ4v) is 2.95. The van der Waals surface area contributed by atoms with Gasteiger partial charge in [-0.3, -0.25) is 4.79 Å². The van der Waals surface area contributed by atoms with Gasteiger partial charge in [0, 0.05) is 0 Å². The number of aryl methyl sites for hydroxylation is 1. The molecule has 1 heterocycles. The van der Waals surface area contributed by atoms with Gasteiger partial charge in [-0.05, 0) is 38.3 Å². The Labute approximate surface area is 141 Å². The van der Waals surface area contributed by atoms with Gasteiger partial charge in [-0.15, -0.1) is 0 Å². The molecule has 6 nitrogen and oxygen atoms in total. The van der Waals surface area contributed by atoms with E-state index in [4.69, 9.17) is 10.5 Å². The summed E-state index contributed by atoms with van der Waals surface area (Å²) in [5.41, 5.74) is 7.96. The third-order valence-corrected chi connectivity index (χ3v) is 4.10. The average molecular weight is 331 g/mol. The molecule has 0 amide bonds. The van der Waals surface area contributed by atoms with Crippen LogP contribution < -0.4 is 11.3 Å². The van der Waals surface area contributed by atoms with E-state index in [0.717, 1.165) is 24.0 Å². The molecule has 1 aromatic heterocycles. The highest BCUT2D eigenvalue weighted by molar-refractivity contribution is 5.83. The minimum atomic E-state index is -0.630. The van der Waals surface area contributed by atoms with E-state index in [-0.39, 0.29) is 24.0 Å². The summed E-state index contributed by atoms with van der Waals surface area (Å²) < 4.78 is 7.69. The number of nitrogen functional groups attached to an aromatic ring is 1. The number of aromatic nitrogens is 2. The molecule has 1 aromatic carbocycles. The van der Waals surface area contributed by atoms with Crippen LogP contribution in [0.15, 0.2) is 29.1 Å². The van der Waals surface area contributed by atoms with Crippen molar-refractivity contribution in [2.45, 2.75) is 46.6 Å². The fourth-order valence-electron chi connectivity index (χ4n) is 2.95. The smallest absolute Gasteiger partial charge is 0.435 e. The molecule has 130 valence electrons. The number of benzene rings is 1. The number of nitrogens with two attached hydrogens (primary N) is 1. The van der Waals surface area contributed by atoms with Gasteiger partial charge < -0.3 is 10.5 Å². The average Bonchev–Trinajstić information content (AvgIpc) is 2.79. The van der Waals surface area contributed by atoms with E-state index in [1.54, 1.807) is 6.92 Å². The molecule has 0 spiro atoms. The summed E-state index contributed by atoms with van der Waals surface area (Å²) in [6.07, 6.45) is 1.02. The lowest BCUT2D eigenvalue weighted by molar-refractivity contribution is 0.143. The summed E-state index contributed by atoms with van der Waals surface area (Å²) in [4.78, 5) is 25.4. The molecular weight excluding hydrogens is 306 g/mol. The Hall–Kier alpha value is -2.50. The molecule has 1 atom stereocenters. The Morgan fingerprint density at radius 1 is 1.29 bits per heavy atom. The van der Waals surface area contributed by atoms with Gasteiger partial charge in [0.25, 0.3) is 5.56 Å². The van der Waals surface area contributed by atoms with Gasteiger partial charge in [-0.25, -0.2) is 9.48 Å². The quantitative estimate of drug-likeness (QED) is 0.908. The number of anilines is 1. The maximum absolute atomic E-state index is 13.0. The van der Waals surface area contributed by atoms with Crippen molar-refractivity contribution in [1.29, 1.82) is 0 Å². The van der Waals surface area contributed by atoms with Gasteiger partial charge in [0.05, 0.1) is 18.2 Å². The van der Waals surface area contributed by atoms with Crippen LogP contribution in [0, 0.1) is 6.92 Å². The Kier molecular flexibility index (Phi) is 5.49. The summed E-state index contributed by atoms with van der Waals surface area (Å²) in [5, 5.41) is 0. The van der Waals surface area contributed by atoms with Gasteiger partial charge in [0.1, 0.15) is 5.82 Å². The lowest BCUT2D eigenvalue weighted by atomic mass is 10.0. The standard InChI is InChI=1S/C18H25N3O3/c1-5-9-13(4)20-17(22)15(14-11-8-7-10-12(14)3)16(19)21(20)18(23)24-6-2/h7-8,10-11,13H,5-6,9,19H2,1-4H3. The second-order valence-electron chi connectivity index (χ2n) is 5.87. The molecule has 2 rings (SSSR count). The summed E-state index contributed by atoms with van der Waals surface area (Å²) in [7, 11) is 0. The van der Waals surface area contributed by atoms with Crippen LogP contribution in [0.4, 0.5) is 10.6 Å². The van der Waals surface area contributed by atoms with E-state index < -0.39 is 6.09 Å². The molecule has 2 aromatic rings. The first-order chi connectivity index (χ1) is 11.4. The minimum Gasteiger partial charge on any atom is -0.448 e. The Morgan fingerprint density at radius 2 is 1.96 bits per heavy atom. The molecule has 0 saturated carbocycles. The highest BCUT2D eigenvalue weighted by Gasteiger charge is 2.27. The van der Waals surface area contributed by atoms with Gasteiger partial charge in [-0.1, -0.05) is 37.6 Å². The number of hydrogen-bond acceptors (Lipinski definition) is 4. The lowest BCUT2D eigenvalue weighted by Gasteiger charge is -2.16. The van der Waals surface area contributed by atoms with Crippen molar-refractivity contribution in [3.8, 4) is 11.1 Å². The number of carbonyl (C=O) groups is 1. The molecule has 6 heteroatoms. The van der Waals surface area contributed by atoms with Gasteiger partial charge in [-0.2, -0.15) is 4.68 Å². The van der Waals surface area contributed by atoms with E-state index in [9.17, 15) is 9.59 Å². The highest BCUT2D eigenvalue weighted by Crippen LogP contribution is 2.28. The van der Waals surface area contributed by atoms with E-state index in [1.807, 2.05) is 45.0 Å². The molecule has 0 radical (unpaired) electrons. The number of rotatable bonds is 5. The van der Waals surface area contributed by atoms with Crippen molar-refractivity contribution >= 4 is 11.9 Å². The lowest BCUT2D eigenvalue weighted by Crippen LogP contribution is -2.31. The molecule has 24 heavy (non-hydrogen) atoms. The van der Waals surface area contributed by atoms with E-state index in [2.05, 4.69) is 0 Å². The summed E-state index contributed by atoms with van der Waals surface area (Å²) >= 11 is 0. The molecule has 0 bridgehead atoms. The zero-order chi connectivity index (χ0) is 17.9. The van der Waals surface area contributed by atoms with Crippen molar-refractivity contribution in [2.24, 2.45) is 0 Å². The fraction of sp³-hybridized carbons (Fsp3) is 0.444. The number of hydrogen-bond donors (Lipinski definition) is 1. The van der Waals surface area contributed by atoms with Crippen molar-refractivity contribution < 1.29 is 9.53 Å². The number of ether oxygens (including phenoxy) is 1. The van der Waals surface area contributed by atoms with Crippen LogP contribution in [0.25, 0.3) is 11.1 Å². The second-order valence-corrected chi connectivity index (χ2v) is 5.87. The highest BCUT2D eigenvalue weighted by atomic mass is 16.6. The molecule has 0 aliphatic heterocycles. The minimum absolute atomic E-state index is 0.121. The monoisotopic (exact) mass is 331 g/mol. The number of nitrogens with zero attached hydrogens (tertiary/aromatic N) is 2. The first-order valence-corrected chi connectivity index (χ1v) is 8.30. The third-order valence-electron chi connectivity index (χ3n) is 4.10. The molecule has 1 unspecified atom stereocenters. The predicted octanol–water partition coefficient (Wildman–Crippen LogP) is 3.57. The predicted molar refractivity (Wildman–Crippen MR) is 95.3 cm³/mol. The van der Waals surface area contributed by atoms with Gasteiger partial charge >= 0.3 is 6.09 Å². The van der Waals surface area contributed by atoms with Crippen LogP contribution in [0.3, 0.4) is 0 Å². The largest absolute Gasteiger partial charge is 0.448 e. The van der Waals surface area contributed by atoms with Crippen molar-refractivity contribution in [3.05, 3.63) is 40.2 Å². The SMILES string of the molecule is CCCC(C)n1c(=O)c(-c2ccccc2C)c(N)n1C(=O)OCC. The van der Waals surface area contributed by atoms with E-state index in [1.165, 1.54) is 9.36 Å². The summed E-state index contributed by atoms with van der Waals surface area (Å²) in [5.74, 6) is 0.121. The Bertz CT molecular complexity index is 789. The van der Waals surface area contributed by atoms with E-state index in [0.29, 0.717) is 5.56 Å². The topological polar surface area (TPSA) is 79.2 Å². The van der Waals surface area contributed by atoms with Crippen LogP contribution in [0.2, 0.25) is 0 Å². The second kappa shape index (κ2) is 7.38. The first kappa shape index (κ1) is 17.8. The van der Waals surface area contributed by atoms with Crippen LogP contribution in [-0.4, -0.2) is 22.1 Å². The van der Waals surface area contributed by atoms with E-state index >= 15 is 0 Å².